The standard InChI is InChI=1S/C8H12O2/c1-2-6-7(9)4-3-5-8(6)10/h6H,2-5H2,1H3. The number of rotatable bonds is 1. The predicted molar refractivity (Wildman–Crippen MR) is 37.6 cm³/mol. The van der Waals surface area contributed by atoms with Crippen LogP contribution in [-0.2, 0) is 9.59 Å². The van der Waals surface area contributed by atoms with Crippen molar-refractivity contribution in [2.24, 2.45) is 5.92 Å². The quantitative estimate of drug-likeness (QED) is 0.515. The lowest BCUT2D eigenvalue weighted by Gasteiger charge is -2.16. The second kappa shape index (κ2) is 2.95. The van der Waals surface area contributed by atoms with Crippen LogP contribution in [0.3, 0.4) is 0 Å². The van der Waals surface area contributed by atoms with Gasteiger partial charge in [0.15, 0.2) is 0 Å². The molecule has 1 aliphatic carbocycles. The van der Waals surface area contributed by atoms with Crippen molar-refractivity contribution < 1.29 is 9.59 Å². The molecule has 0 aromatic heterocycles. The van der Waals surface area contributed by atoms with Gasteiger partial charge in [-0.3, -0.25) is 9.59 Å². The molecule has 0 unspecified atom stereocenters. The Morgan fingerprint density at radius 3 is 2.10 bits per heavy atom. The lowest BCUT2D eigenvalue weighted by atomic mass is 9.85. The Balaban J connectivity index is 2.62. The Morgan fingerprint density at radius 1 is 1.30 bits per heavy atom. The second-order valence-corrected chi connectivity index (χ2v) is 2.75. The molecular weight excluding hydrogens is 128 g/mol. The van der Waals surface area contributed by atoms with E-state index in [0.717, 1.165) is 6.42 Å². The van der Waals surface area contributed by atoms with Crippen LogP contribution in [0.15, 0.2) is 0 Å². The molecule has 0 amide bonds. The third-order valence-corrected chi connectivity index (χ3v) is 2.03. The minimum absolute atomic E-state index is 0.152. The summed E-state index contributed by atoms with van der Waals surface area (Å²) in [5.74, 6) is 0.0475. The SMILES string of the molecule is CCC1C(=O)CCCC1=O. The van der Waals surface area contributed by atoms with E-state index < -0.39 is 0 Å². The van der Waals surface area contributed by atoms with E-state index in [-0.39, 0.29) is 17.5 Å². The van der Waals surface area contributed by atoms with Gasteiger partial charge in [-0.25, -0.2) is 0 Å². The fourth-order valence-corrected chi connectivity index (χ4v) is 1.42. The molecule has 1 rings (SSSR count). The summed E-state index contributed by atoms with van der Waals surface area (Å²) in [4.78, 5) is 22.0. The summed E-state index contributed by atoms with van der Waals surface area (Å²) < 4.78 is 0. The van der Waals surface area contributed by atoms with Crippen LogP contribution in [0.25, 0.3) is 0 Å². The number of Topliss-reactive ketones (excluding diaryl/α,β-unsaturated/α-hetero) is 2. The molecule has 1 saturated carbocycles. The van der Waals surface area contributed by atoms with Gasteiger partial charge in [0.25, 0.3) is 0 Å². The molecule has 0 spiro atoms. The van der Waals surface area contributed by atoms with Gasteiger partial charge in [-0.15, -0.1) is 0 Å². The summed E-state index contributed by atoms with van der Waals surface area (Å²) in [6.07, 6.45) is 2.69. The Morgan fingerprint density at radius 2 is 1.80 bits per heavy atom. The molecule has 0 saturated heterocycles. The molecule has 0 aromatic rings. The monoisotopic (exact) mass is 140 g/mol. The fraction of sp³-hybridized carbons (Fsp3) is 0.750. The van der Waals surface area contributed by atoms with Gasteiger partial charge in [-0.1, -0.05) is 6.92 Å². The Bertz CT molecular complexity index is 145. The highest BCUT2D eigenvalue weighted by Crippen LogP contribution is 2.19. The van der Waals surface area contributed by atoms with Crippen molar-refractivity contribution in [3.63, 3.8) is 0 Å². The average Bonchev–Trinajstić information content (AvgIpc) is 1.88. The Labute approximate surface area is 60.6 Å². The minimum atomic E-state index is -0.256. The van der Waals surface area contributed by atoms with E-state index in [2.05, 4.69) is 0 Å². The van der Waals surface area contributed by atoms with Crippen LogP contribution in [-0.4, -0.2) is 11.6 Å². The lowest BCUT2D eigenvalue weighted by molar-refractivity contribution is -0.135. The molecule has 2 nitrogen and oxygen atoms in total. The third-order valence-electron chi connectivity index (χ3n) is 2.03. The maximum absolute atomic E-state index is 11.0. The molecule has 0 bridgehead atoms. The topological polar surface area (TPSA) is 34.1 Å². The van der Waals surface area contributed by atoms with Gasteiger partial charge < -0.3 is 0 Å². The smallest absolute Gasteiger partial charge is 0.143 e. The Hall–Kier alpha value is -0.660. The molecule has 0 radical (unpaired) electrons. The summed E-state index contributed by atoms with van der Waals surface area (Å²) in [6.45, 7) is 1.89. The molecule has 0 aliphatic heterocycles. The van der Waals surface area contributed by atoms with Gasteiger partial charge in [-0.05, 0) is 12.8 Å². The molecule has 0 atom stereocenters. The number of hydrogen-bond acceptors (Lipinski definition) is 2. The van der Waals surface area contributed by atoms with Crippen LogP contribution >= 0.6 is 0 Å². The van der Waals surface area contributed by atoms with Crippen LogP contribution < -0.4 is 0 Å². The molecular formula is C8H12O2. The van der Waals surface area contributed by atoms with Gasteiger partial charge in [0, 0.05) is 12.8 Å². The maximum atomic E-state index is 11.0. The van der Waals surface area contributed by atoms with Crippen molar-refractivity contribution in [2.75, 3.05) is 0 Å². The van der Waals surface area contributed by atoms with Gasteiger partial charge in [0.1, 0.15) is 11.6 Å². The van der Waals surface area contributed by atoms with Gasteiger partial charge in [0.05, 0.1) is 5.92 Å². The zero-order valence-corrected chi connectivity index (χ0v) is 6.22. The van der Waals surface area contributed by atoms with Gasteiger partial charge in [-0.2, -0.15) is 0 Å². The number of ketones is 2. The minimum Gasteiger partial charge on any atom is -0.299 e. The first-order chi connectivity index (χ1) is 4.75. The molecule has 0 heterocycles. The summed E-state index contributed by atoms with van der Waals surface area (Å²) in [5.41, 5.74) is 0. The molecule has 2 heteroatoms. The average molecular weight is 140 g/mol. The first-order valence-corrected chi connectivity index (χ1v) is 3.81. The van der Waals surface area contributed by atoms with Crippen LogP contribution in [0.1, 0.15) is 32.6 Å². The van der Waals surface area contributed by atoms with Crippen molar-refractivity contribution in [3.8, 4) is 0 Å². The number of carbonyl (C=O) groups is 2. The van der Waals surface area contributed by atoms with E-state index in [9.17, 15) is 9.59 Å². The van der Waals surface area contributed by atoms with Crippen molar-refractivity contribution >= 4 is 11.6 Å². The van der Waals surface area contributed by atoms with Crippen molar-refractivity contribution in [1.82, 2.24) is 0 Å². The van der Waals surface area contributed by atoms with E-state index >= 15 is 0 Å². The highest BCUT2D eigenvalue weighted by atomic mass is 16.2. The van der Waals surface area contributed by atoms with Crippen LogP contribution in [0.5, 0.6) is 0 Å². The second-order valence-electron chi connectivity index (χ2n) is 2.75. The molecule has 10 heavy (non-hydrogen) atoms. The van der Waals surface area contributed by atoms with Crippen molar-refractivity contribution in [1.29, 1.82) is 0 Å². The summed E-state index contributed by atoms with van der Waals surface area (Å²) >= 11 is 0. The fourth-order valence-electron chi connectivity index (χ4n) is 1.42. The zero-order valence-electron chi connectivity index (χ0n) is 6.22. The highest BCUT2D eigenvalue weighted by Gasteiger charge is 2.27. The van der Waals surface area contributed by atoms with E-state index in [1.54, 1.807) is 0 Å². The predicted octanol–water partition coefficient (Wildman–Crippen LogP) is 1.33. The van der Waals surface area contributed by atoms with Crippen molar-refractivity contribution in [2.45, 2.75) is 32.6 Å². The zero-order chi connectivity index (χ0) is 7.56. The van der Waals surface area contributed by atoms with Gasteiger partial charge in [0.2, 0.25) is 0 Å². The van der Waals surface area contributed by atoms with Gasteiger partial charge >= 0.3 is 0 Å². The summed E-state index contributed by atoms with van der Waals surface area (Å²) in [5, 5.41) is 0. The van der Waals surface area contributed by atoms with E-state index in [0.29, 0.717) is 19.3 Å². The van der Waals surface area contributed by atoms with E-state index in [4.69, 9.17) is 0 Å². The summed E-state index contributed by atoms with van der Waals surface area (Å²) in [6, 6.07) is 0. The number of carbonyl (C=O) groups excluding carboxylic acids is 2. The number of hydrogen-bond donors (Lipinski definition) is 0. The van der Waals surface area contributed by atoms with E-state index in [1.165, 1.54) is 0 Å². The van der Waals surface area contributed by atoms with Crippen LogP contribution in [0, 0.1) is 5.92 Å². The summed E-state index contributed by atoms with van der Waals surface area (Å²) in [7, 11) is 0. The molecule has 0 aromatic carbocycles. The van der Waals surface area contributed by atoms with Crippen LogP contribution in [0.2, 0.25) is 0 Å². The first kappa shape index (κ1) is 7.45. The van der Waals surface area contributed by atoms with E-state index in [1.807, 2.05) is 6.92 Å². The maximum Gasteiger partial charge on any atom is 0.143 e. The molecule has 0 N–H and O–H groups in total. The molecule has 1 aliphatic rings. The lowest BCUT2D eigenvalue weighted by Crippen LogP contribution is -2.27. The largest absolute Gasteiger partial charge is 0.299 e. The van der Waals surface area contributed by atoms with Crippen LogP contribution in [0.4, 0.5) is 0 Å². The first-order valence-electron chi connectivity index (χ1n) is 3.81. The molecule has 1 fully saturated rings. The molecule has 56 valence electrons. The normalized spacial score (nSPS) is 21.7. The highest BCUT2D eigenvalue weighted by molar-refractivity contribution is 6.04. The van der Waals surface area contributed by atoms with Crippen molar-refractivity contribution in [3.05, 3.63) is 0 Å². The third kappa shape index (κ3) is 1.25. The Kier molecular flexibility index (Phi) is 2.20.